The largest absolute Gasteiger partial charge is 0.325 e. The summed E-state index contributed by atoms with van der Waals surface area (Å²) in [6.45, 7) is 0. The van der Waals surface area contributed by atoms with E-state index in [0.717, 1.165) is 18.2 Å². The summed E-state index contributed by atoms with van der Waals surface area (Å²) in [7, 11) is 0. The first-order chi connectivity index (χ1) is 7.02. The van der Waals surface area contributed by atoms with Crippen molar-refractivity contribution in [2.75, 3.05) is 10.6 Å². The number of benzene rings is 1. The van der Waals surface area contributed by atoms with Crippen LogP contribution in [0, 0.1) is 15.9 Å². The van der Waals surface area contributed by atoms with E-state index in [1.807, 2.05) is 0 Å². The van der Waals surface area contributed by atoms with Crippen molar-refractivity contribution < 1.29 is 14.1 Å². The van der Waals surface area contributed by atoms with Gasteiger partial charge >= 0.3 is 0 Å². The van der Waals surface area contributed by atoms with Crippen LogP contribution in [-0.4, -0.2) is 16.2 Å². The van der Waals surface area contributed by atoms with Gasteiger partial charge in [0.1, 0.15) is 5.82 Å². The summed E-state index contributed by atoms with van der Waals surface area (Å²) in [5.74, 6) is -1.18. The minimum atomic E-state index is -0.769. The summed E-state index contributed by atoms with van der Waals surface area (Å²) < 4.78 is 12.9. The number of anilines is 1. The number of amides is 1. The topological polar surface area (TPSA) is 72.2 Å². The molecule has 0 spiro atoms. The number of carbonyl (C=O) groups excluding carboxylic acids is 1. The van der Waals surface area contributed by atoms with Crippen LogP contribution in [0.5, 0.6) is 0 Å². The molecule has 1 amide bonds. The first-order valence-corrected chi connectivity index (χ1v) is 4.96. The minimum absolute atomic E-state index is 0.0390. The standard InChI is InChI=1S/C8H6BrFN2O3/c9-4-8(13)11-6-1-5(10)2-7(3-6)12(14)15/h1-3H,4H2,(H,11,13). The summed E-state index contributed by atoms with van der Waals surface area (Å²) >= 11 is 2.90. The molecule has 0 atom stereocenters. The second-order valence-corrected chi connectivity index (χ2v) is 3.20. The molecule has 1 N–H and O–H groups in total. The van der Waals surface area contributed by atoms with E-state index in [1.54, 1.807) is 0 Å². The van der Waals surface area contributed by atoms with Gasteiger partial charge in [-0.05, 0) is 6.07 Å². The molecule has 0 aliphatic carbocycles. The van der Waals surface area contributed by atoms with E-state index in [1.165, 1.54) is 0 Å². The molecule has 0 unspecified atom stereocenters. The zero-order valence-corrected chi connectivity index (χ0v) is 8.95. The highest BCUT2D eigenvalue weighted by Crippen LogP contribution is 2.19. The molecular formula is C8H6BrFN2O3. The van der Waals surface area contributed by atoms with Crippen LogP contribution in [0.2, 0.25) is 0 Å². The Morgan fingerprint density at radius 1 is 1.53 bits per heavy atom. The molecule has 0 saturated heterocycles. The number of nitro groups is 1. The van der Waals surface area contributed by atoms with E-state index in [4.69, 9.17) is 0 Å². The number of alkyl halides is 1. The van der Waals surface area contributed by atoms with Crippen molar-refractivity contribution in [2.45, 2.75) is 0 Å². The van der Waals surface area contributed by atoms with Gasteiger partial charge in [0.15, 0.2) is 0 Å². The predicted octanol–water partition coefficient (Wildman–Crippen LogP) is 2.07. The van der Waals surface area contributed by atoms with Gasteiger partial charge in [-0.2, -0.15) is 0 Å². The van der Waals surface area contributed by atoms with Crippen molar-refractivity contribution in [1.82, 2.24) is 0 Å². The molecule has 0 aliphatic heterocycles. The lowest BCUT2D eigenvalue weighted by Gasteiger charge is -2.02. The fourth-order valence-corrected chi connectivity index (χ4v) is 1.09. The van der Waals surface area contributed by atoms with E-state index in [9.17, 15) is 19.3 Å². The van der Waals surface area contributed by atoms with Crippen molar-refractivity contribution >= 4 is 33.2 Å². The van der Waals surface area contributed by atoms with Crippen molar-refractivity contribution in [1.29, 1.82) is 0 Å². The van der Waals surface area contributed by atoms with E-state index < -0.39 is 22.3 Å². The third kappa shape index (κ3) is 3.28. The monoisotopic (exact) mass is 276 g/mol. The number of nitro benzene ring substituents is 1. The summed E-state index contributed by atoms with van der Waals surface area (Å²) in [5, 5.41) is 12.7. The average molecular weight is 277 g/mol. The molecule has 0 saturated carbocycles. The Hall–Kier alpha value is -1.50. The van der Waals surface area contributed by atoms with Gasteiger partial charge in [0, 0.05) is 6.07 Å². The SMILES string of the molecule is O=C(CBr)Nc1cc(F)cc([N+](=O)[O-])c1. The van der Waals surface area contributed by atoms with Crippen molar-refractivity contribution in [3.05, 3.63) is 34.1 Å². The molecule has 7 heteroatoms. The molecule has 15 heavy (non-hydrogen) atoms. The average Bonchev–Trinajstić information content (AvgIpc) is 2.16. The fraction of sp³-hybridized carbons (Fsp3) is 0.125. The number of halogens is 2. The third-order valence-electron chi connectivity index (χ3n) is 1.50. The molecule has 0 bridgehead atoms. The second-order valence-electron chi connectivity index (χ2n) is 2.64. The zero-order chi connectivity index (χ0) is 11.4. The lowest BCUT2D eigenvalue weighted by molar-refractivity contribution is -0.385. The Morgan fingerprint density at radius 2 is 2.20 bits per heavy atom. The van der Waals surface area contributed by atoms with Crippen LogP contribution >= 0.6 is 15.9 Å². The highest BCUT2D eigenvalue weighted by molar-refractivity contribution is 9.09. The normalized spacial score (nSPS) is 9.73. The second kappa shape index (κ2) is 4.83. The number of hydrogen-bond acceptors (Lipinski definition) is 3. The number of hydrogen-bond donors (Lipinski definition) is 1. The van der Waals surface area contributed by atoms with Crippen molar-refractivity contribution in [3.8, 4) is 0 Å². The molecule has 1 aromatic carbocycles. The van der Waals surface area contributed by atoms with Crippen LogP contribution in [0.1, 0.15) is 0 Å². The smallest absolute Gasteiger partial charge is 0.274 e. The fourth-order valence-electron chi connectivity index (χ4n) is 0.946. The van der Waals surface area contributed by atoms with Crippen LogP contribution < -0.4 is 5.32 Å². The van der Waals surface area contributed by atoms with Crippen LogP contribution in [0.3, 0.4) is 0 Å². The van der Waals surface area contributed by atoms with Gasteiger partial charge in [-0.15, -0.1) is 0 Å². The maximum atomic E-state index is 12.9. The number of nitrogens with one attached hydrogen (secondary N) is 1. The van der Waals surface area contributed by atoms with E-state index in [-0.39, 0.29) is 11.0 Å². The van der Waals surface area contributed by atoms with Gasteiger partial charge in [0.2, 0.25) is 5.91 Å². The molecule has 0 fully saturated rings. The molecule has 0 aliphatic rings. The van der Waals surface area contributed by atoms with Gasteiger partial charge in [0.25, 0.3) is 5.69 Å². The third-order valence-corrected chi connectivity index (χ3v) is 2.01. The van der Waals surface area contributed by atoms with Crippen LogP contribution in [0.4, 0.5) is 15.8 Å². The summed E-state index contributed by atoms with van der Waals surface area (Å²) in [6, 6.07) is 2.88. The molecule has 1 aromatic rings. The van der Waals surface area contributed by atoms with Gasteiger partial charge in [0.05, 0.1) is 22.0 Å². The van der Waals surface area contributed by atoms with Crippen LogP contribution in [0.15, 0.2) is 18.2 Å². The van der Waals surface area contributed by atoms with Gasteiger partial charge < -0.3 is 5.32 Å². The minimum Gasteiger partial charge on any atom is -0.325 e. The van der Waals surface area contributed by atoms with Crippen molar-refractivity contribution in [3.63, 3.8) is 0 Å². The first-order valence-electron chi connectivity index (χ1n) is 3.83. The Kier molecular flexibility index (Phi) is 3.73. The van der Waals surface area contributed by atoms with Crippen molar-refractivity contribution in [2.24, 2.45) is 0 Å². The molecule has 0 heterocycles. The Labute approximate surface area is 92.6 Å². The quantitative estimate of drug-likeness (QED) is 0.522. The van der Waals surface area contributed by atoms with Gasteiger partial charge in [-0.25, -0.2) is 4.39 Å². The predicted molar refractivity (Wildman–Crippen MR) is 55.5 cm³/mol. The number of carbonyl (C=O) groups is 1. The Morgan fingerprint density at radius 3 is 2.73 bits per heavy atom. The lowest BCUT2D eigenvalue weighted by Crippen LogP contribution is -2.12. The highest BCUT2D eigenvalue weighted by atomic mass is 79.9. The van der Waals surface area contributed by atoms with E-state index in [2.05, 4.69) is 21.2 Å². The van der Waals surface area contributed by atoms with E-state index in [0.29, 0.717) is 0 Å². The van der Waals surface area contributed by atoms with Crippen LogP contribution in [-0.2, 0) is 4.79 Å². The molecular weight excluding hydrogens is 271 g/mol. The first kappa shape index (κ1) is 11.6. The van der Waals surface area contributed by atoms with Crippen LogP contribution in [0.25, 0.3) is 0 Å². The number of rotatable bonds is 3. The lowest BCUT2D eigenvalue weighted by atomic mass is 10.2. The molecule has 5 nitrogen and oxygen atoms in total. The molecule has 80 valence electrons. The summed E-state index contributed by atoms with van der Waals surface area (Å²) in [4.78, 5) is 20.6. The molecule has 0 aromatic heterocycles. The van der Waals surface area contributed by atoms with E-state index >= 15 is 0 Å². The highest BCUT2D eigenvalue weighted by Gasteiger charge is 2.10. The maximum Gasteiger partial charge on any atom is 0.274 e. The Bertz CT molecular complexity index is 411. The molecule has 0 radical (unpaired) electrons. The van der Waals surface area contributed by atoms with Gasteiger partial charge in [-0.3, -0.25) is 14.9 Å². The number of nitrogens with zero attached hydrogens (tertiary/aromatic N) is 1. The van der Waals surface area contributed by atoms with Gasteiger partial charge in [-0.1, -0.05) is 15.9 Å². The maximum absolute atomic E-state index is 12.9. The molecule has 1 rings (SSSR count). The summed E-state index contributed by atoms with van der Waals surface area (Å²) in [6.07, 6.45) is 0. The Balaban J connectivity index is 2.98. The zero-order valence-electron chi connectivity index (χ0n) is 7.37. The summed E-state index contributed by atoms with van der Waals surface area (Å²) in [5.41, 5.74) is -0.342. The number of non-ortho nitro benzene ring substituents is 1.